The summed E-state index contributed by atoms with van der Waals surface area (Å²) < 4.78 is 0. The lowest BCUT2D eigenvalue weighted by Gasteiger charge is -2.28. The van der Waals surface area contributed by atoms with Crippen molar-refractivity contribution < 1.29 is 4.79 Å². The van der Waals surface area contributed by atoms with Crippen LogP contribution in [0.2, 0.25) is 0 Å². The first-order chi connectivity index (χ1) is 15.2. The van der Waals surface area contributed by atoms with Crippen LogP contribution in [0.1, 0.15) is 34.7 Å². The number of hydrogen-bond acceptors (Lipinski definition) is 2. The predicted octanol–water partition coefficient (Wildman–Crippen LogP) is 5.90. The average molecular weight is 410 g/mol. The van der Waals surface area contributed by atoms with Crippen LogP contribution in [0.25, 0.3) is 22.0 Å². The van der Waals surface area contributed by atoms with E-state index in [4.69, 9.17) is 0 Å². The van der Waals surface area contributed by atoms with Gasteiger partial charge in [0.15, 0.2) is 0 Å². The molecule has 1 aliphatic rings. The average Bonchev–Trinajstić information content (AvgIpc) is 3.23. The summed E-state index contributed by atoms with van der Waals surface area (Å²) in [5, 5.41) is 4.29. The molecule has 4 aromatic rings. The van der Waals surface area contributed by atoms with E-state index in [2.05, 4.69) is 52.7 Å². The van der Waals surface area contributed by atoms with Gasteiger partial charge in [-0.3, -0.25) is 4.79 Å². The Hall–Kier alpha value is -3.37. The minimum Gasteiger partial charge on any atom is -0.361 e. The van der Waals surface area contributed by atoms with Crippen LogP contribution in [-0.2, 0) is 0 Å². The highest BCUT2D eigenvalue weighted by Gasteiger charge is 2.21. The van der Waals surface area contributed by atoms with Crippen LogP contribution in [0.4, 0.5) is 5.69 Å². The summed E-state index contributed by atoms with van der Waals surface area (Å²) in [6.45, 7) is 2.26. The molecular weight excluding hydrogens is 382 g/mol. The van der Waals surface area contributed by atoms with Crippen molar-refractivity contribution in [1.29, 1.82) is 0 Å². The highest BCUT2D eigenvalue weighted by atomic mass is 16.1. The fourth-order valence-corrected chi connectivity index (χ4v) is 4.53. The van der Waals surface area contributed by atoms with Gasteiger partial charge in [-0.15, -0.1) is 0 Å². The first-order valence-electron chi connectivity index (χ1n) is 10.9. The standard InChI is InChI=1S/C27H27N3O/c1-30-15-13-21(14-16-30)25-18-28-26-12-11-23(17-24(25)26)29-27(31)22-9-7-20(8-10-22)19-5-3-2-4-6-19/h2-12,17-18,21,28H,13-16H2,1H3,(H,29,31). The normalized spacial score (nSPS) is 15.3. The Morgan fingerprint density at radius 2 is 1.65 bits per heavy atom. The minimum atomic E-state index is -0.0876. The lowest BCUT2D eigenvalue weighted by atomic mass is 9.89. The van der Waals surface area contributed by atoms with E-state index in [0.29, 0.717) is 11.5 Å². The summed E-state index contributed by atoms with van der Waals surface area (Å²) in [6.07, 6.45) is 4.50. The summed E-state index contributed by atoms with van der Waals surface area (Å²) in [7, 11) is 2.19. The topological polar surface area (TPSA) is 48.1 Å². The van der Waals surface area contributed by atoms with Crippen molar-refractivity contribution in [2.75, 3.05) is 25.5 Å². The third-order valence-corrected chi connectivity index (χ3v) is 6.38. The van der Waals surface area contributed by atoms with Gasteiger partial charge in [0.1, 0.15) is 0 Å². The molecule has 1 amide bonds. The largest absolute Gasteiger partial charge is 0.361 e. The molecule has 31 heavy (non-hydrogen) atoms. The van der Waals surface area contributed by atoms with Gasteiger partial charge in [0.25, 0.3) is 5.91 Å². The number of aromatic nitrogens is 1. The number of nitrogens with zero attached hydrogens (tertiary/aromatic N) is 1. The first kappa shape index (κ1) is 19.6. The molecule has 0 spiro atoms. The number of anilines is 1. The molecule has 156 valence electrons. The van der Waals surface area contributed by atoms with Gasteiger partial charge in [0.05, 0.1) is 0 Å². The number of rotatable bonds is 4. The number of benzene rings is 3. The van der Waals surface area contributed by atoms with Crippen molar-refractivity contribution >= 4 is 22.5 Å². The van der Waals surface area contributed by atoms with E-state index in [9.17, 15) is 4.79 Å². The van der Waals surface area contributed by atoms with Gasteiger partial charge in [-0.25, -0.2) is 0 Å². The maximum absolute atomic E-state index is 12.8. The van der Waals surface area contributed by atoms with E-state index in [1.165, 1.54) is 23.8 Å². The number of H-pyrrole nitrogens is 1. The number of amides is 1. The second kappa shape index (κ2) is 8.40. The zero-order chi connectivity index (χ0) is 21.2. The lowest BCUT2D eigenvalue weighted by molar-refractivity contribution is 0.102. The number of nitrogens with one attached hydrogen (secondary N) is 2. The van der Waals surface area contributed by atoms with Crippen LogP contribution in [-0.4, -0.2) is 35.9 Å². The number of hydrogen-bond donors (Lipinski definition) is 2. The Morgan fingerprint density at radius 3 is 2.39 bits per heavy atom. The van der Waals surface area contributed by atoms with Gasteiger partial charge < -0.3 is 15.2 Å². The number of fused-ring (bicyclic) bond motifs is 1. The molecule has 1 aliphatic heterocycles. The maximum Gasteiger partial charge on any atom is 0.255 e. The van der Waals surface area contributed by atoms with E-state index >= 15 is 0 Å². The number of carbonyl (C=O) groups is 1. The van der Waals surface area contributed by atoms with Crippen molar-refractivity contribution in [3.05, 3.63) is 90.1 Å². The smallest absolute Gasteiger partial charge is 0.255 e. The fraction of sp³-hybridized carbons (Fsp3) is 0.222. The Morgan fingerprint density at radius 1 is 0.935 bits per heavy atom. The first-order valence-corrected chi connectivity index (χ1v) is 10.9. The SMILES string of the molecule is CN1CCC(c2c[nH]c3ccc(NC(=O)c4ccc(-c5ccccc5)cc4)cc23)CC1. The third-order valence-electron chi connectivity index (χ3n) is 6.38. The van der Waals surface area contributed by atoms with Gasteiger partial charge in [0.2, 0.25) is 0 Å². The second-order valence-electron chi connectivity index (χ2n) is 8.48. The summed E-state index contributed by atoms with van der Waals surface area (Å²) in [5.74, 6) is 0.483. The monoisotopic (exact) mass is 409 g/mol. The molecule has 0 atom stereocenters. The molecule has 0 saturated carbocycles. The van der Waals surface area contributed by atoms with Crippen molar-refractivity contribution in [1.82, 2.24) is 9.88 Å². The molecule has 2 N–H and O–H groups in total. The predicted molar refractivity (Wildman–Crippen MR) is 128 cm³/mol. The molecule has 0 aliphatic carbocycles. The van der Waals surface area contributed by atoms with Crippen LogP contribution in [0, 0.1) is 0 Å². The minimum absolute atomic E-state index is 0.0876. The van der Waals surface area contributed by atoms with E-state index < -0.39 is 0 Å². The van der Waals surface area contributed by atoms with Crippen molar-refractivity contribution in [3.8, 4) is 11.1 Å². The summed E-state index contributed by atoms with van der Waals surface area (Å²) in [6, 6.07) is 24.1. The summed E-state index contributed by atoms with van der Waals surface area (Å²) in [5.41, 5.74) is 6.23. The Balaban J connectivity index is 1.34. The zero-order valence-corrected chi connectivity index (χ0v) is 17.8. The van der Waals surface area contributed by atoms with Crippen LogP contribution < -0.4 is 5.32 Å². The molecule has 2 heterocycles. The molecule has 0 bridgehead atoms. The molecule has 1 saturated heterocycles. The van der Waals surface area contributed by atoms with Crippen LogP contribution in [0.5, 0.6) is 0 Å². The fourth-order valence-electron chi connectivity index (χ4n) is 4.53. The number of piperidine rings is 1. The Bertz CT molecular complexity index is 1190. The second-order valence-corrected chi connectivity index (χ2v) is 8.48. The van der Waals surface area contributed by atoms with E-state index in [1.807, 2.05) is 48.5 Å². The van der Waals surface area contributed by atoms with Gasteiger partial charge >= 0.3 is 0 Å². The van der Waals surface area contributed by atoms with Gasteiger partial charge in [-0.05, 0) is 85.9 Å². The molecule has 5 rings (SSSR count). The van der Waals surface area contributed by atoms with Gasteiger partial charge in [0, 0.05) is 28.4 Å². The summed E-state index contributed by atoms with van der Waals surface area (Å²) in [4.78, 5) is 18.6. The molecule has 0 radical (unpaired) electrons. The maximum atomic E-state index is 12.8. The molecular formula is C27H27N3O. The number of likely N-dealkylation sites (tertiary alicyclic amines) is 1. The van der Waals surface area contributed by atoms with E-state index in [0.717, 1.165) is 35.4 Å². The van der Waals surface area contributed by atoms with Crippen LogP contribution >= 0.6 is 0 Å². The van der Waals surface area contributed by atoms with Gasteiger partial charge in [-0.1, -0.05) is 42.5 Å². The quantitative estimate of drug-likeness (QED) is 0.441. The molecule has 4 nitrogen and oxygen atoms in total. The number of carbonyl (C=O) groups excluding carboxylic acids is 1. The number of aromatic amines is 1. The third kappa shape index (κ3) is 4.12. The molecule has 4 heteroatoms. The Labute approximate surface area is 182 Å². The highest BCUT2D eigenvalue weighted by molar-refractivity contribution is 6.05. The van der Waals surface area contributed by atoms with Crippen LogP contribution in [0.3, 0.4) is 0 Å². The summed E-state index contributed by atoms with van der Waals surface area (Å²) >= 11 is 0. The van der Waals surface area contributed by atoms with E-state index in [-0.39, 0.29) is 5.91 Å². The molecule has 0 unspecified atom stereocenters. The highest BCUT2D eigenvalue weighted by Crippen LogP contribution is 2.34. The molecule has 1 aromatic heterocycles. The van der Waals surface area contributed by atoms with Gasteiger partial charge in [-0.2, -0.15) is 0 Å². The van der Waals surface area contributed by atoms with Crippen molar-refractivity contribution in [2.45, 2.75) is 18.8 Å². The molecule has 1 fully saturated rings. The van der Waals surface area contributed by atoms with E-state index in [1.54, 1.807) is 0 Å². The zero-order valence-electron chi connectivity index (χ0n) is 17.8. The lowest BCUT2D eigenvalue weighted by Crippen LogP contribution is -2.29. The molecule has 3 aromatic carbocycles. The van der Waals surface area contributed by atoms with Crippen molar-refractivity contribution in [2.24, 2.45) is 0 Å². The Kier molecular flexibility index (Phi) is 5.31. The van der Waals surface area contributed by atoms with Crippen LogP contribution in [0.15, 0.2) is 79.0 Å². The van der Waals surface area contributed by atoms with Crippen molar-refractivity contribution in [3.63, 3.8) is 0 Å².